The van der Waals surface area contributed by atoms with E-state index in [0.717, 1.165) is 34.5 Å². The van der Waals surface area contributed by atoms with Gasteiger partial charge in [0.15, 0.2) is 0 Å². The fourth-order valence-corrected chi connectivity index (χ4v) is 6.33. The fraction of sp³-hybridized carbons (Fsp3) is 0.341. The summed E-state index contributed by atoms with van der Waals surface area (Å²) in [6.07, 6.45) is 3.52. The second kappa shape index (κ2) is 18.5. The number of nitrogens with zero attached hydrogens (tertiary/aromatic N) is 7. The second-order valence-corrected chi connectivity index (χ2v) is 13.5. The number of hydrogen-bond donors (Lipinski definition) is 0. The first-order valence-corrected chi connectivity index (χ1v) is 17.8. The van der Waals surface area contributed by atoms with Crippen molar-refractivity contribution in [3.8, 4) is 0 Å². The zero-order valence-corrected chi connectivity index (χ0v) is 30.8. The standard InChI is InChI=1S/C41H46F3N7O3/c1-31(52)49-21-23-50(24-22-49)37-16-11-34(12-17-37)29-51(39(53)18-13-32-9-14-36(15-10-32)41(42,43)44)38(25-33-7-5-4-6-8-33)40(54)48(3)20-19-47(2)28-35-26-45-30-46-27-35/h4-18,26-27,30,38H,19-25,28-29H2,1-3H3. The lowest BCUT2D eigenvalue weighted by Crippen LogP contribution is -2.51. The number of aromatic nitrogens is 2. The summed E-state index contributed by atoms with van der Waals surface area (Å²) in [5.41, 5.74) is 3.24. The van der Waals surface area contributed by atoms with Crippen LogP contribution in [0.3, 0.4) is 0 Å². The van der Waals surface area contributed by atoms with Gasteiger partial charge in [0.25, 0.3) is 0 Å². The first kappa shape index (κ1) is 39.6. The number of halogens is 3. The molecule has 1 aliphatic rings. The first-order chi connectivity index (χ1) is 25.9. The monoisotopic (exact) mass is 741 g/mol. The van der Waals surface area contributed by atoms with E-state index >= 15 is 0 Å². The summed E-state index contributed by atoms with van der Waals surface area (Å²) in [4.78, 5) is 57.8. The molecule has 10 nitrogen and oxygen atoms in total. The van der Waals surface area contributed by atoms with Crippen molar-refractivity contribution in [3.63, 3.8) is 0 Å². The second-order valence-electron chi connectivity index (χ2n) is 13.5. The van der Waals surface area contributed by atoms with E-state index in [4.69, 9.17) is 0 Å². The maximum Gasteiger partial charge on any atom is 0.416 e. The van der Waals surface area contributed by atoms with Crippen LogP contribution in [0, 0.1) is 0 Å². The number of alkyl halides is 3. The van der Waals surface area contributed by atoms with Crippen LogP contribution in [-0.2, 0) is 40.1 Å². The molecular formula is C41H46F3N7O3. The number of carbonyl (C=O) groups excluding carboxylic acids is 3. The van der Waals surface area contributed by atoms with Gasteiger partial charge >= 0.3 is 6.18 Å². The van der Waals surface area contributed by atoms with E-state index in [1.807, 2.05) is 66.5 Å². The van der Waals surface area contributed by atoms with Crippen LogP contribution >= 0.6 is 0 Å². The SMILES string of the molecule is CC(=O)N1CCN(c2ccc(CN(C(=O)C=Cc3ccc(C(F)(F)F)cc3)C(Cc3ccccc3)C(=O)N(C)CCN(C)Cc3cncnc3)cc2)CC1. The molecule has 0 aliphatic carbocycles. The highest BCUT2D eigenvalue weighted by molar-refractivity contribution is 5.95. The van der Waals surface area contributed by atoms with Crippen molar-refractivity contribution in [2.45, 2.75) is 38.7 Å². The molecule has 3 amide bonds. The third-order valence-electron chi connectivity index (χ3n) is 9.51. The van der Waals surface area contributed by atoms with Gasteiger partial charge in [-0.3, -0.25) is 14.4 Å². The average molecular weight is 742 g/mol. The highest BCUT2D eigenvalue weighted by Gasteiger charge is 2.32. The van der Waals surface area contributed by atoms with Crippen LogP contribution in [0.25, 0.3) is 6.08 Å². The normalized spacial score (nSPS) is 14.0. The van der Waals surface area contributed by atoms with Crippen LogP contribution in [0.1, 0.15) is 34.7 Å². The van der Waals surface area contributed by atoms with E-state index in [-0.39, 0.29) is 24.8 Å². The van der Waals surface area contributed by atoms with Crippen LogP contribution in [0.15, 0.2) is 104 Å². The maximum atomic E-state index is 14.4. The molecule has 13 heteroatoms. The van der Waals surface area contributed by atoms with Crippen molar-refractivity contribution >= 4 is 29.5 Å². The molecule has 0 spiro atoms. The summed E-state index contributed by atoms with van der Waals surface area (Å²) in [6, 6.07) is 21.0. The lowest BCUT2D eigenvalue weighted by Gasteiger charge is -2.36. The highest BCUT2D eigenvalue weighted by atomic mass is 19.4. The summed E-state index contributed by atoms with van der Waals surface area (Å²) in [5, 5.41) is 0. The van der Waals surface area contributed by atoms with E-state index in [1.165, 1.54) is 35.5 Å². The zero-order valence-electron chi connectivity index (χ0n) is 30.8. The predicted molar refractivity (Wildman–Crippen MR) is 202 cm³/mol. The lowest BCUT2D eigenvalue weighted by molar-refractivity contribution is -0.143. The lowest BCUT2D eigenvalue weighted by atomic mass is 10.0. The summed E-state index contributed by atoms with van der Waals surface area (Å²) in [5.74, 6) is -0.642. The van der Waals surface area contributed by atoms with Crippen LogP contribution in [0.5, 0.6) is 0 Å². The molecule has 2 heterocycles. The van der Waals surface area contributed by atoms with Crippen molar-refractivity contribution in [1.29, 1.82) is 0 Å². The summed E-state index contributed by atoms with van der Waals surface area (Å²) in [6.45, 7) is 5.90. The summed E-state index contributed by atoms with van der Waals surface area (Å²) >= 11 is 0. The quantitative estimate of drug-likeness (QED) is 0.160. The number of likely N-dealkylation sites (N-methyl/N-ethyl adjacent to an activating group) is 2. The van der Waals surface area contributed by atoms with Gasteiger partial charge in [0.2, 0.25) is 17.7 Å². The number of hydrogen-bond acceptors (Lipinski definition) is 7. The smallest absolute Gasteiger partial charge is 0.368 e. The Morgan fingerprint density at radius 1 is 0.796 bits per heavy atom. The maximum absolute atomic E-state index is 14.4. The minimum atomic E-state index is -4.48. The number of carbonyl (C=O) groups is 3. The van der Waals surface area contributed by atoms with E-state index in [1.54, 1.807) is 31.3 Å². The van der Waals surface area contributed by atoms with Crippen LogP contribution in [0.2, 0.25) is 0 Å². The molecule has 54 heavy (non-hydrogen) atoms. The first-order valence-electron chi connectivity index (χ1n) is 17.8. The largest absolute Gasteiger partial charge is 0.416 e. The van der Waals surface area contributed by atoms with E-state index in [0.29, 0.717) is 51.4 Å². The van der Waals surface area contributed by atoms with Gasteiger partial charge in [-0.15, -0.1) is 0 Å². The predicted octanol–water partition coefficient (Wildman–Crippen LogP) is 5.41. The van der Waals surface area contributed by atoms with Gasteiger partial charge in [-0.25, -0.2) is 9.97 Å². The number of rotatable bonds is 14. The summed E-state index contributed by atoms with van der Waals surface area (Å²) < 4.78 is 39.6. The molecule has 0 bridgehead atoms. The van der Waals surface area contributed by atoms with Crippen molar-refractivity contribution in [3.05, 3.63) is 131 Å². The molecule has 0 radical (unpaired) electrons. The molecule has 1 fully saturated rings. The fourth-order valence-electron chi connectivity index (χ4n) is 6.33. The third-order valence-corrected chi connectivity index (χ3v) is 9.51. The van der Waals surface area contributed by atoms with Crippen molar-refractivity contribution in [1.82, 2.24) is 29.6 Å². The van der Waals surface area contributed by atoms with E-state index < -0.39 is 23.7 Å². The molecular weight excluding hydrogens is 695 g/mol. The van der Waals surface area contributed by atoms with Gasteiger partial charge < -0.3 is 24.5 Å². The molecule has 0 N–H and O–H groups in total. The summed E-state index contributed by atoms with van der Waals surface area (Å²) in [7, 11) is 3.67. The van der Waals surface area contributed by atoms with E-state index in [9.17, 15) is 27.6 Å². The van der Waals surface area contributed by atoms with Crippen molar-refractivity contribution in [2.24, 2.45) is 0 Å². The number of piperazine rings is 1. The molecule has 1 saturated heterocycles. The van der Waals surface area contributed by atoms with Gasteiger partial charge in [0.1, 0.15) is 12.4 Å². The van der Waals surface area contributed by atoms with Crippen LogP contribution < -0.4 is 4.90 Å². The Morgan fingerprint density at radius 3 is 2.06 bits per heavy atom. The topological polar surface area (TPSA) is 93.2 Å². The molecule has 4 aromatic rings. The van der Waals surface area contributed by atoms with Gasteiger partial charge in [-0.1, -0.05) is 54.6 Å². The number of benzene rings is 3. The number of anilines is 1. The molecule has 1 unspecified atom stereocenters. The third kappa shape index (κ3) is 11.2. The highest BCUT2D eigenvalue weighted by Crippen LogP contribution is 2.29. The van der Waals surface area contributed by atoms with Crippen molar-refractivity contribution in [2.75, 3.05) is 58.3 Å². The Kier molecular flexibility index (Phi) is 13.6. The molecule has 284 valence electrons. The molecule has 1 atom stereocenters. The minimum absolute atomic E-state index is 0.0571. The van der Waals surface area contributed by atoms with Gasteiger partial charge in [0, 0.05) is 102 Å². The van der Waals surface area contributed by atoms with Crippen molar-refractivity contribution < 1.29 is 27.6 Å². The Morgan fingerprint density at radius 2 is 1.44 bits per heavy atom. The zero-order chi connectivity index (χ0) is 38.7. The van der Waals surface area contributed by atoms with Gasteiger partial charge in [0.05, 0.1) is 5.56 Å². The molecule has 0 saturated carbocycles. The molecule has 3 aromatic carbocycles. The Hall–Kier alpha value is -5.56. The van der Waals surface area contributed by atoms with Crippen LogP contribution in [0.4, 0.5) is 18.9 Å². The minimum Gasteiger partial charge on any atom is -0.368 e. The molecule has 1 aliphatic heterocycles. The van der Waals surface area contributed by atoms with Gasteiger partial charge in [-0.05, 0) is 54.1 Å². The number of amides is 3. The Bertz CT molecular complexity index is 1850. The van der Waals surface area contributed by atoms with Gasteiger partial charge in [-0.2, -0.15) is 13.2 Å². The Balaban J connectivity index is 1.40. The molecule has 5 rings (SSSR count). The molecule has 1 aromatic heterocycles. The average Bonchev–Trinajstić information content (AvgIpc) is 3.18. The van der Waals surface area contributed by atoms with E-state index in [2.05, 4.69) is 19.8 Å². The Labute approximate surface area is 314 Å². The van der Waals surface area contributed by atoms with Crippen LogP contribution in [-0.4, -0.2) is 107 Å².